The maximum atomic E-state index is 11.6. The number of likely N-dealkylation sites (N-methyl/N-ethyl adjacent to an activating group) is 1. The minimum Gasteiger partial charge on any atom is -0.496 e. The maximum absolute atomic E-state index is 11.6. The van der Waals surface area contributed by atoms with Crippen LogP contribution in [0, 0.1) is 13.8 Å². The van der Waals surface area contributed by atoms with Crippen LogP contribution in [0.4, 0.5) is 0 Å². The Morgan fingerprint density at radius 3 is 2.14 bits per heavy atom. The van der Waals surface area contributed by atoms with Crippen LogP contribution in [0.2, 0.25) is 0 Å². The molecule has 0 radical (unpaired) electrons. The summed E-state index contributed by atoms with van der Waals surface area (Å²) in [4.78, 5) is 11.6. The molecular formula is C19H23NO2. The number of rotatable bonds is 5. The van der Waals surface area contributed by atoms with E-state index < -0.39 is 0 Å². The number of hydrogen-bond donors (Lipinski definition) is 1. The van der Waals surface area contributed by atoms with Gasteiger partial charge in [0.15, 0.2) is 0 Å². The molecule has 1 N–H and O–H groups in total. The third kappa shape index (κ3) is 3.67. The molecule has 0 aliphatic heterocycles. The number of ether oxygens (including phenoxy) is 1. The van der Waals surface area contributed by atoms with Crippen molar-refractivity contribution >= 4 is 5.91 Å². The molecular weight excluding hydrogens is 274 g/mol. The Morgan fingerprint density at radius 2 is 1.64 bits per heavy atom. The molecule has 3 heteroatoms. The predicted molar refractivity (Wildman–Crippen MR) is 90.3 cm³/mol. The van der Waals surface area contributed by atoms with Crippen LogP contribution in [0.5, 0.6) is 5.75 Å². The van der Waals surface area contributed by atoms with Crippen LogP contribution < -0.4 is 10.1 Å². The molecule has 0 spiro atoms. The van der Waals surface area contributed by atoms with Crippen LogP contribution in [-0.2, 0) is 11.2 Å². The summed E-state index contributed by atoms with van der Waals surface area (Å²) >= 11 is 0. The molecule has 0 atom stereocenters. The van der Waals surface area contributed by atoms with E-state index in [1.165, 1.54) is 5.56 Å². The third-order valence-corrected chi connectivity index (χ3v) is 3.69. The van der Waals surface area contributed by atoms with Crippen molar-refractivity contribution in [3.63, 3.8) is 0 Å². The largest absolute Gasteiger partial charge is 0.496 e. The summed E-state index contributed by atoms with van der Waals surface area (Å²) in [5.41, 5.74) is 5.60. The average Bonchev–Trinajstić information content (AvgIpc) is 2.48. The fraction of sp³-hybridized carbons (Fsp3) is 0.316. The molecule has 0 heterocycles. The van der Waals surface area contributed by atoms with Crippen molar-refractivity contribution in [3.8, 4) is 16.9 Å². The number of hydrogen-bond acceptors (Lipinski definition) is 2. The van der Waals surface area contributed by atoms with Gasteiger partial charge in [-0.1, -0.05) is 24.3 Å². The Labute approximate surface area is 132 Å². The summed E-state index contributed by atoms with van der Waals surface area (Å²) in [5.74, 6) is 1.00. The van der Waals surface area contributed by atoms with Gasteiger partial charge < -0.3 is 10.1 Å². The van der Waals surface area contributed by atoms with Crippen molar-refractivity contribution < 1.29 is 9.53 Å². The Balaban J connectivity index is 2.22. The van der Waals surface area contributed by atoms with Crippen LogP contribution >= 0.6 is 0 Å². The van der Waals surface area contributed by atoms with Crippen LogP contribution in [-0.4, -0.2) is 19.6 Å². The Hall–Kier alpha value is -2.29. The number of methoxy groups -OCH3 is 1. The van der Waals surface area contributed by atoms with Gasteiger partial charge in [-0.3, -0.25) is 4.79 Å². The summed E-state index contributed by atoms with van der Waals surface area (Å²) in [6.45, 7) is 6.70. The lowest BCUT2D eigenvalue weighted by Gasteiger charge is -2.12. The first-order chi connectivity index (χ1) is 10.5. The molecule has 116 valence electrons. The molecule has 22 heavy (non-hydrogen) atoms. The lowest BCUT2D eigenvalue weighted by molar-refractivity contribution is -0.120. The number of carbonyl (C=O) groups excluding carboxylic acids is 1. The van der Waals surface area contributed by atoms with Gasteiger partial charge in [-0.2, -0.15) is 0 Å². The van der Waals surface area contributed by atoms with E-state index in [4.69, 9.17) is 4.74 Å². The van der Waals surface area contributed by atoms with Gasteiger partial charge in [0.2, 0.25) is 5.91 Å². The molecule has 0 saturated heterocycles. The Morgan fingerprint density at radius 1 is 1.05 bits per heavy atom. The van der Waals surface area contributed by atoms with Crippen LogP contribution in [0.15, 0.2) is 36.4 Å². The minimum absolute atomic E-state index is 0.0615. The van der Waals surface area contributed by atoms with E-state index in [0.29, 0.717) is 13.0 Å². The molecule has 0 fully saturated rings. The highest BCUT2D eigenvalue weighted by Gasteiger charge is 2.07. The molecule has 2 rings (SSSR count). The summed E-state index contributed by atoms with van der Waals surface area (Å²) in [5, 5.41) is 2.82. The normalized spacial score (nSPS) is 10.4. The SMILES string of the molecule is CCNC(=O)Cc1ccc(-c2cc(C)c(OC)c(C)c2)cc1. The van der Waals surface area contributed by atoms with E-state index in [0.717, 1.165) is 28.0 Å². The topological polar surface area (TPSA) is 38.3 Å². The molecule has 0 aliphatic carbocycles. The molecule has 1 amide bonds. The molecule has 2 aromatic rings. The Bertz CT molecular complexity index is 637. The summed E-state index contributed by atoms with van der Waals surface area (Å²) < 4.78 is 5.41. The smallest absolute Gasteiger partial charge is 0.224 e. The van der Waals surface area contributed by atoms with Crippen molar-refractivity contribution in [2.24, 2.45) is 0 Å². The highest BCUT2D eigenvalue weighted by atomic mass is 16.5. The number of benzene rings is 2. The second-order valence-corrected chi connectivity index (χ2v) is 5.47. The van der Waals surface area contributed by atoms with E-state index in [1.54, 1.807) is 7.11 Å². The van der Waals surface area contributed by atoms with Gasteiger partial charge in [0.05, 0.1) is 13.5 Å². The van der Waals surface area contributed by atoms with E-state index in [1.807, 2.05) is 19.1 Å². The highest BCUT2D eigenvalue weighted by Crippen LogP contribution is 2.30. The molecule has 0 aliphatic rings. The average molecular weight is 297 g/mol. The maximum Gasteiger partial charge on any atom is 0.224 e. The molecule has 0 saturated carbocycles. The minimum atomic E-state index is 0.0615. The summed E-state index contributed by atoms with van der Waals surface area (Å²) in [6.07, 6.45) is 0.425. The third-order valence-electron chi connectivity index (χ3n) is 3.69. The van der Waals surface area contributed by atoms with Crippen molar-refractivity contribution in [1.82, 2.24) is 5.32 Å². The zero-order chi connectivity index (χ0) is 16.1. The summed E-state index contributed by atoms with van der Waals surface area (Å²) in [6, 6.07) is 12.4. The van der Waals surface area contributed by atoms with E-state index >= 15 is 0 Å². The van der Waals surface area contributed by atoms with Crippen molar-refractivity contribution in [2.45, 2.75) is 27.2 Å². The molecule has 2 aromatic carbocycles. The fourth-order valence-electron chi connectivity index (χ4n) is 2.70. The first-order valence-electron chi connectivity index (χ1n) is 7.56. The van der Waals surface area contributed by atoms with Crippen LogP contribution in [0.25, 0.3) is 11.1 Å². The fourth-order valence-corrected chi connectivity index (χ4v) is 2.70. The Kier molecular flexibility index (Phi) is 5.21. The van der Waals surface area contributed by atoms with Gasteiger partial charge in [-0.25, -0.2) is 0 Å². The van der Waals surface area contributed by atoms with Gasteiger partial charge in [-0.15, -0.1) is 0 Å². The molecule has 0 bridgehead atoms. The second kappa shape index (κ2) is 7.12. The lowest BCUT2D eigenvalue weighted by Crippen LogP contribution is -2.24. The number of amides is 1. The summed E-state index contributed by atoms with van der Waals surface area (Å²) in [7, 11) is 1.70. The number of nitrogens with one attached hydrogen (secondary N) is 1. The molecule has 3 nitrogen and oxygen atoms in total. The number of aryl methyl sites for hydroxylation is 2. The van der Waals surface area contributed by atoms with E-state index in [9.17, 15) is 4.79 Å². The first kappa shape index (κ1) is 16.1. The monoisotopic (exact) mass is 297 g/mol. The van der Waals surface area contributed by atoms with Crippen LogP contribution in [0.1, 0.15) is 23.6 Å². The molecule has 0 unspecified atom stereocenters. The quantitative estimate of drug-likeness (QED) is 0.914. The van der Waals surface area contributed by atoms with E-state index in [-0.39, 0.29) is 5.91 Å². The highest BCUT2D eigenvalue weighted by molar-refractivity contribution is 5.78. The van der Waals surface area contributed by atoms with Gasteiger partial charge in [0.25, 0.3) is 0 Å². The zero-order valence-corrected chi connectivity index (χ0v) is 13.7. The van der Waals surface area contributed by atoms with Gasteiger partial charge in [-0.05, 0) is 60.7 Å². The van der Waals surface area contributed by atoms with Gasteiger partial charge >= 0.3 is 0 Å². The first-order valence-corrected chi connectivity index (χ1v) is 7.56. The zero-order valence-electron chi connectivity index (χ0n) is 13.7. The van der Waals surface area contributed by atoms with Crippen LogP contribution in [0.3, 0.4) is 0 Å². The molecule has 0 aromatic heterocycles. The van der Waals surface area contributed by atoms with Crippen molar-refractivity contribution in [1.29, 1.82) is 0 Å². The predicted octanol–water partition coefficient (Wildman–Crippen LogP) is 3.66. The lowest BCUT2D eigenvalue weighted by atomic mass is 9.98. The van der Waals surface area contributed by atoms with Gasteiger partial charge in [0.1, 0.15) is 5.75 Å². The second-order valence-electron chi connectivity index (χ2n) is 5.47. The van der Waals surface area contributed by atoms with Gasteiger partial charge in [0, 0.05) is 6.54 Å². The standard InChI is InChI=1S/C19H23NO2/c1-5-20-18(21)12-15-6-8-16(9-7-15)17-10-13(2)19(22-4)14(3)11-17/h6-11H,5,12H2,1-4H3,(H,20,21). The van der Waals surface area contributed by atoms with Crippen molar-refractivity contribution in [2.75, 3.05) is 13.7 Å². The number of carbonyl (C=O) groups is 1. The van der Waals surface area contributed by atoms with Crippen molar-refractivity contribution in [3.05, 3.63) is 53.1 Å². The van der Waals surface area contributed by atoms with E-state index in [2.05, 4.69) is 43.4 Å².